The van der Waals surface area contributed by atoms with Gasteiger partial charge in [0.2, 0.25) is 0 Å². The summed E-state index contributed by atoms with van der Waals surface area (Å²) in [5.74, 6) is 3.15. The number of rotatable bonds is 4. The molecule has 7 nitrogen and oxygen atoms in total. The molecule has 158 valence electrons. The summed E-state index contributed by atoms with van der Waals surface area (Å²) in [5.41, 5.74) is 2.49. The highest BCUT2D eigenvalue weighted by Crippen LogP contribution is 2.44. The molecule has 2 fully saturated rings. The van der Waals surface area contributed by atoms with Gasteiger partial charge < -0.3 is 14.6 Å². The number of aromatic amines is 1. The fourth-order valence-electron chi connectivity index (χ4n) is 4.92. The number of fused-ring (bicyclic) bond motifs is 4. The molecule has 4 heterocycles. The second kappa shape index (κ2) is 6.87. The van der Waals surface area contributed by atoms with Crippen LogP contribution in [0, 0.1) is 24.6 Å². The second-order valence-corrected chi connectivity index (χ2v) is 8.59. The third kappa shape index (κ3) is 3.00. The first-order valence-electron chi connectivity index (χ1n) is 10.8. The van der Waals surface area contributed by atoms with E-state index in [1.165, 1.54) is 12.8 Å². The lowest BCUT2D eigenvalue weighted by atomic mass is 9.77. The molecule has 0 amide bonds. The SMILES string of the molecule is CCc1cc(F)cc2c1[nH]c1nc(Oc3cnc(C)nc3)nc(N3CC4CCC4C3)c12. The van der Waals surface area contributed by atoms with Crippen LogP contribution in [-0.4, -0.2) is 38.0 Å². The number of nitrogens with zero attached hydrogens (tertiary/aromatic N) is 5. The highest BCUT2D eigenvalue weighted by atomic mass is 19.1. The standard InChI is InChI=1S/C23H23FN6O/c1-3-13-6-16(24)7-18-19-21(27-20(13)18)28-23(31-17-8-25-12(2)26-9-17)29-22(19)30-10-14-4-5-15(14)11-30/h6-9,14-15H,3-5,10-11H2,1-2H3,(H,27,28,29). The van der Waals surface area contributed by atoms with Crippen LogP contribution in [0.4, 0.5) is 10.2 Å². The van der Waals surface area contributed by atoms with Gasteiger partial charge in [-0.3, -0.25) is 0 Å². The van der Waals surface area contributed by atoms with Crippen molar-refractivity contribution in [3.05, 3.63) is 41.7 Å². The minimum Gasteiger partial charge on any atom is -0.421 e. The molecule has 1 aromatic carbocycles. The first-order chi connectivity index (χ1) is 15.1. The molecule has 4 aromatic rings. The Balaban J connectivity index is 1.54. The van der Waals surface area contributed by atoms with Gasteiger partial charge in [-0.2, -0.15) is 9.97 Å². The average molecular weight is 418 g/mol. The lowest BCUT2D eigenvalue weighted by Crippen LogP contribution is -2.22. The topological polar surface area (TPSA) is 79.8 Å². The fourth-order valence-corrected chi connectivity index (χ4v) is 4.92. The predicted octanol–water partition coefficient (Wildman–Crippen LogP) is 4.55. The molecule has 1 aliphatic heterocycles. The number of aryl methyl sites for hydroxylation is 2. The highest BCUT2D eigenvalue weighted by Gasteiger charge is 2.40. The maximum absolute atomic E-state index is 14.4. The predicted molar refractivity (Wildman–Crippen MR) is 116 cm³/mol. The number of hydrogen-bond donors (Lipinski definition) is 1. The van der Waals surface area contributed by atoms with E-state index in [1.807, 2.05) is 13.8 Å². The number of H-pyrrole nitrogens is 1. The minimum atomic E-state index is -0.241. The van der Waals surface area contributed by atoms with Crippen molar-refractivity contribution in [2.75, 3.05) is 18.0 Å². The number of hydrogen-bond acceptors (Lipinski definition) is 6. The fraction of sp³-hybridized carbons (Fsp3) is 0.391. The van der Waals surface area contributed by atoms with Crippen LogP contribution >= 0.6 is 0 Å². The summed E-state index contributed by atoms with van der Waals surface area (Å²) < 4.78 is 20.3. The van der Waals surface area contributed by atoms with Gasteiger partial charge in [-0.15, -0.1) is 0 Å². The normalized spacial score (nSPS) is 20.3. The smallest absolute Gasteiger partial charge is 0.326 e. The van der Waals surface area contributed by atoms with Crippen LogP contribution in [0.5, 0.6) is 11.8 Å². The summed E-state index contributed by atoms with van der Waals surface area (Å²) in [6, 6.07) is 3.40. The Kier molecular flexibility index (Phi) is 4.09. The van der Waals surface area contributed by atoms with Crippen molar-refractivity contribution >= 4 is 27.8 Å². The van der Waals surface area contributed by atoms with Crippen LogP contribution < -0.4 is 9.64 Å². The van der Waals surface area contributed by atoms with Gasteiger partial charge in [-0.25, -0.2) is 14.4 Å². The van der Waals surface area contributed by atoms with Gasteiger partial charge in [0.05, 0.1) is 23.3 Å². The van der Waals surface area contributed by atoms with E-state index in [-0.39, 0.29) is 11.8 Å². The van der Waals surface area contributed by atoms with E-state index in [2.05, 4.69) is 24.8 Å². The molecule has 1 saturated carbocycles. The molecule has 2 unspecified atom stereocenters. The number of halogens is 1. The Bertz CT molecular complexity index is 1290. The molecule has 2 atom stereocenters. The van der Waals surface area contributed by atoms with Gasteiger partial charge in [-0.1, -0.05) is 6.92 Å². The summed E-state index contributed by atoms with van der Waals surface area (Å²) in [7, 11) is 0. The van der Waals surface area contributed by atoms with Gasteiger partial charge in [0, 0.05) is 18.5 Å². The zero-order valence-electron chi connectivity index (χ0n) is 17.5. The van der Waals surface area contributed by atoms with E-state index < -0.39 is 0 Å². The van der Waals surface area contributed by atoms with Crippen molar-refractivity contribution in [3.8, 4) is 11.8 Å². The number of anilines is 1. The Morgan fingerprint density at radius 3 is 2.55 bits per heavy atom. The summed E-state index contributed by atoms with van der Waals surface area (Å²) in [5, 5.41) is 1.68. The first-order valence-corrected chi connectivity index (χ1v) is 10.8. The van der Waals surface area contributed by atoms with Gasteiger partial charge in [0.25, 0.3) is 0 Å². The third-order valence-electron chi connectivity index (χ3n) is 6.70. The van der Waals surface area contributed by atoms with E-state index >= 15 is 0 Å². The molecular formula is C23H23FN6O. The molecule has 0 spiro atoms. The van der Waals surface area contributed by atoms with Crippen molar-refractivity contribution in [3.63, 3.8) is 0 Å². The zero-order valence-corrected chi connectivity index (χ0v) is 17.5. The van der Waals surface area contributed by atoms with Crippen LogP contribution in [-0.2, 0) is 6.42 Å². The van der Waals surface area contributed by atoms with Crippen LogP contribution in [0.3, 0.4) is 0 Å². The van der Waals surface area contributed by atoms with Gasteiger partial charge >= 0.3 is 6.01 Å². The van der Waals surface area contributed by atoms with E-state index in [0.717, 1.165) is 47.2 Å². The number of nitrogens with one attached hydrogen (secondary N) is 1. The van der Waals surface area contributed by atoms with Crippen molar-refractivity contribution < 1.29 is 9.13 Å². The Morgan fingerprint density at radius 2 is 1.87 bits per heavy atom. The second-order valence-electron chi connectivity index (χ2n) is 8.59. The molecule has 2 aliphatic rings. The maximum Gasteiger partial charge on any atom is 0.326 e. The van der Waals surface area contributed by atoms with Gasteiger partial charge in [0.15, 0.2) is 5.75 Å². The van der Waals surface area contributed by atoms with E-state index in [4.69, 9.17) is 9.72 Å². The summed E-state index contributed by atoms with van der Waals surface area (Å²) >= 11 is 0. The lowest BCUT2D eigenvalue weighted by molar-refractivity contribution is 0.243. The third-order valence-corrected chi connectivity index (χ3v) is 6.70. The maximum atomic E-state index is 14.4. The molecule has 1 aliphatic carbocycles. The molecular weight excluding hydrogens is 395 g/mol. The Morgan fingerprint density at radius 1 is 1.13 bits per heavy atom. The molecule has 0 bridgehead atoms. The number of benzene rings is 1. The molecule has 1 saturated heterocycles. The van der Waals surface area contributed by atoms with E-state index in [9.17, 15) is 4.39 Å². The highest BCUT2D eigenvalue weighted by molar-refractivity contribution is 6.12. The summed E-state index contributed by atoms with van der Waals surface area (Å²) in [4.78, 5) is 23.5. The molecule has 8 heteroatoms. The summed E-state index contributed by atoms with van der Waals surface area (Å²) in [6.45, 7) is 5.77. The van der Waals surface area contributed by atoms with Gasteiger partial charge in [-0.05, 0) is 55.7 Å². The monoisotopic (exact) mass is 418 g/mol. The molecule has 0 radical (unpaired) electrons. The van der Waals surface area contributed by atoms with Crippen molar-refractivity contribution in [2.24, 2.45) is 11.8 Å². The van der Waals surface area contributed by atoms with Crippen LogP contribution in [0.25, 0.3) is 21.9 Å². The molecule has 31 heavy (non-hydrogen) atoms. The van der Waals surface area contributed by atoms with Crippen LogP contribution in [0.2, 0.25) is 0 Å². The largest absolute Gasteiger partial charge is 0.421 e. The summed E-state index contributed by atoms with van der Waals surface area (Å²) in [6.07, 6.45) is 6.48. The number of ether oxygens (including phenoxy) is 1. The molecule has 1 N–H and O–H groups in total. The quantitative estimate of drug-likeness (QED) is 0.524. The van der Waals surface area contributed by atoms with Crippen molar-refractivity contribution in [2.45, 2.75) is 33.1 Å². The number of aromatic nitrogens is 5. The Hall–Kier alpha value is -3.29. The van der Waals surface area contributed by atoms with Crippen molar-refractivity contribution in [1.29, 1.82) is 0 Å². The van der Waals surface area contributed by atoms with Crippen LogP contribution in [0.15, 0.2) is 24.5 Å². The Labute approximate surface area is 178 Å². The van der Waals surface area contributed by atoms with Crippen molar-refractivity contribution in [1.82, 2.24) is 24.9 Å². The van der Waals surface area contributed by atoms with E-state index in [0.29, 0.717) is 29.1 Å². The minimum absolute atomic E-state index is 0.235. The van der Waals surface area contributed by atoms with Gasteiger partial charge in [0.1, 0.15) is 23.1 Å². The molecule has 3 aromatic heterocycles. The molecule has 6 rings (SSSR count). The zero-order chi connectivity index (χ0) is 21.1. The average Bonchev–Trinajstić information content (AvgIpc) is 3.25. The van der Waals surface area contributed by atoms with Crippen LogP contribution in [0.1, 0.15) is 31.2 Å². The lowest BCUT2D eigenvalue weighted by Gasteiger charge is -2.27. The first kappa shape index (κ1) is 18.5. The van der Waals surface area contributed by atoms with E-state index in [1.54, 1.807) is 24.5 Å².